The molecule has 0 aliphatic heterocycles. The normalized spacial score (nSPS) is 11.2. The molecule has 1 rings (SSSR count). The van der Waals surface area contributed by atoms with Crippen LogP contribution in [0.3, 0.4) is 0 Å². The topological polar surface area (TPSA) is 42.0 Å². The molecule has 0 bridgehead atoms. The van der Waals surface area contributed by atoms with Crippen LogP contribution in [0.2, 0.25) is 0 Å². The Hall–Kier alpha value is -1.38. The minimum atomic E-state index is -0.143. The second kappa shape index (κ2) is 4.43. The van der Waals surface area contributed by atoms with Crippen molar-refractivity contribution in [2.45, 2.75) is 32.6 Å². The number of carbonyl (C=O) groups is 1. The molecule has 0 fully saturated rings. The van der Waals surface area contributed by atoms with Gasteiger partial charge < -0.3 is 5.32 Å². The molecule has 0 radical (unpaired) electrons. The molecule has 1 heterocycles. The van der Waals surface area contributed by atoms with Gasteiger partial charge in [0.15, 0.2) is 0 Å². The SMILES string of the molecule is CCC(C)(C)c1ccc(C(=O)NC)nc1. The van der Waals surface area contributed by atoms with Crippen molar-refractivity contribution in [3.63, 3.8) is 0 Å². The molecule has 1 aromatic heterocycles. The second-order valence-electron chi connectivity index (χ2n) is 4.25. The highest BCUT2D eigenvalue weighted by Crippen LogP contribution is 2.25. The molecule has 82 valence electrons. The maximum absolute atomic E-state index is 11.3. The van der Waals surface area contributed by atoms with Crippen LogP contribution in [0, 0.1) is 0 Å². The Labute approximate surface area is 90.9 Å². The van der Waals surface area contributed by atoms with Gasteiger partial charge in [-0.3, -0.25) is 9.78 Å². The van der Waals surface area contributed by atoms with Gasteiger partial charge >= 0.3 is 0 Å². The summed E-state index contributed by atoms with van der Waals surface area (Å²) in [5.41, 5.74) is 1.75. The number of carbonyl (C=O) groups excluding carboxylic acids is 1. The number of rotatable bonds is 3. The summed E-state index contributed by atoms with van der Waals surface area (Å²) in [5.74, 6) is -0.143. The lowest BCUT2D eigenvalue weighted by molar-refractivity contribution is 0.0958. The first-order valence-electron chi connectivity index (χ1n) is 5.20. The second-order valence-corrected chi connectivity index (χ2v) is 4.25. The van der Waals surface area contributed by atoms with E-state index in [9.17, 15) is 4.79 Å². The average molecular weight is 206 g/mol. The number of amides is 1. The highest BCUT2D eigenvalue weighted by atomic mass is 16.1. The largest absolute Gasteiger partial charge is 0.354 e. The van der Waals surface area contributed by atoms with Gasteiger partial charge in [0.05, 0.1) is 0 Å². The number of hydrogen-bond donors (Lipinski definition) is 1. The lowest BCUT2D eigenvalue weighted by Gasteiger charge is -2.22. The molecule has 15 heavy (non-hydrogen) atoms. The van der Waals surface area contributed by atoms with E-state index in [-0.39, 0.29) is 11.3 Å². The summed E-state index contributed by atoms with van der Waals surface area (Å²) < 4.78 is 0. The standard InChI is InChI=1S/C12H18N2O/c1-5-12(2,3)9-6-7-10(14-8-9)11(15)13-4/h6-8H,5H2,1-4H3,(H,13,15). The summed E-state index contributed by atoms with van der Waals surface area (Å²) in [4.78, 5) is 15.4. The molecule has 1 amide bonds. The van der Waals surface area contributed by atoms with Crippen LogP contribution in [0.15, 0.2) is 18.3 Å². The van der Waals surface area contributed by atoms with Gasteiger partial charge in [-0.1, -0.05) is 26.8 Å². The van der Waals surface area contributed by atoms with Crippen LogP contribution in [-0.4, -0.2) is 17.9 Å². The van der Waals surface area contributed by atoms with Gasteiger partial charge in [0.1, 0.15) is 5.69 Å². The van der Waals surface area contributed by atoms with Crippen molar-refractivity contribution in [3.8, 4) is 0 Å². The van der Waals surface area contributed by atoms with Crippen LogP contribution in [-0.2, 0) is 5.41 Å². The van der Waals surface area contributed by atoms with E-state index in [1.165, 1.54) is 0 Å². The van der Waals surface area contributed by atoms with Crippen LogP contribution in [0.25, 0.3) is 0 Å². The summed E-state index contributed by atoms with van der Waals surface area (Å²) in [6.45, 7) is 6.49. The number of nitrogens with zero attached hydrogens (tertiary/aromatic N) is 1. The Kier molecular flexibility index (Phi) is 3.45. The van der Waals surface area contributed by atoms with Gasteiger partial charge in [0, 0.05) is 13.2 Å². The number of pyridine rings is 1. The zero-order chi connectivity index (χ0) is 11.5. The zero-order valence-electron chi connectivity index (χ0n) is 9.79. The fourth-order valence-corrected chi connectivity index (χ4v) is 1.26. The van der Waals surface area contributed by atoms with Crippen molar-refractivity contribution < 1.29 is 4.79 Å². The monoisotopic (exact) mass is 206 g/mol. The first kappa shape index (κ1) is 11.7. The first-order valence-corrected chi connectivity index (χ1v) is 5.20. The third kappa shape index (κ3) is 2.55. The molecule has 1 N–H and O–H groups in total. The molecule has 0 aromatic carbocycles. The molecule has 0 spiro atoms. The quantitative estimate of drug-likeness (QED) is 0.823. The van der Waals surface area contributed by atoms with Gasteiger partial charge in [0.2, 0.25) is 0 Å². The van der Waals surface area contributed by atoms with Gasteiger partial charge in [0.25, 0.3) is 5.91 Å². The number of nitrogens with one attached hydrogen (secondary N) is 1. The van der Waals surface area contributed by atoms with E-state index in [1.807, 2.05) is 6.07 Å². The Morgan fingerprint density at radius 3 is 2.53 bits per heavy atom. The molecular formula is C12H18N2O. The minimum Gasteiger partial charge on any atom is -0.354 e. The summed E-state index contributed by atoms with van der Waals surface area (Å²) in [7, 11) is 1.61. The molecule has 0 atom stereocenters. The van der Waals surface area contributed by atoms with Crippen LogP contribution in [0.1, 0.15) is 43.2 Å². The summed E-state index contributed by atoms with van der Waals surface area (Å²) in [6.07, 6.45) is 2.84. The van der Waals surface area contributed by atoms with Crippen LogP contribution >= 0.6 is 0 Å². The van der Waals surface area contributed by atoms with E-state index < -0.39 is 0 Å². The molecular weight excluding hydrogens is 188 g/mol. The minimum absolute atomic E-state index is 0.119. The van der Waals surface area contributed by atoms with Gasteiger partial charge in [-0.2, -0.15) is 0 Å². The maximum Gasteiger partial charge on any atom is 0.269 e. The van der Waals surface area contributed by atoms with Gasteiger partial charge in [-0.15, -0.1) is 0 Å². The van der Waals surface area contributed by atoms with Crippen molar-refractivity contribution >= 4 is 5.91 Å². The van der Waals surface area contributed by atoms with Crippen molar-refractivity contribution in [1.82, 2.24) is 10.3 Å². The van der Waals surface area contributed by atoms with E-state index >= 15 is 0 Å². The summed E-state index contributed by atoms with van der Waals surface area (Å²) >= 11 is 0. The lowest BCUT2D eigenvalue weighted by Crippen LogP contribution is -2.20. The van der Waals surface area contributed by atoms with Crippen LogP contribution in [0.5, 0.6) is 0 Å². The fourth-order valence-electron chi connectivity index (χ4n) is 1.26. The Balaban J connectivity index is 2.95. The molecule has 1 aromatic rings. The van der Waals surface area contributed by atoms with E-state index in [0.29, 0.717) is 5.69 Å². The predicted molar refractivity (Wildman–Crippen MR) is 60.9 cm³/mol. The van der Waals surface area contributed by atoms with Gasteiger partial charge in [-0.25, -0.2) is 0 Å². The molecule has 0 aliphatic rings. The molecule has 3 nitrogen and oxygen atoms in total. The Bertz CT molecular complexity index is 341. The molecule has 0 aliphatic carbocycles. The average Bonchev–Trinajstić information content (AvgIpc) is 2.28. The first-order chi connectivity index (χ1) is 7.01. The fraction of sp³-hybridized carbons (Fsp3) is 0.500. The highest BCUT2D eigenvalue weighted by molar-refractivity contribution is 5.91. The Morgan fingerprint density at radius 2 is 2.13 bits per heavy atom. The van der Waals surface area contributed by atoms with Crippen molar-refractivity contribution in [1.29, 1.82) is 0 Å². The number of hydrogen-bond acceptors (Lipinski definition) is 2. The Morgan fingerprint density at radius 1 is 1.47 bits per heavy atom. The van der Waals surface area contributed by atoms with Gasteiger partial charge in [-0.05, 0) is 23.5 Å². The van der Waals surface area contributed by atoms with Crippen molar-refractivity contribution in [2.75, 3.05) is 7.05 Å². The molecule has 0 saturated carbocycles. The lowest BCUT2D eigenvalue weighted by atomic mass is 9.83. The summed E-state index contributed by atoms with van der Waals surface area (Å²) in [5, 5.41) is 2.55. The third-order valence-corrected chi connectivity index (χ3v) is 2.89. The highest BCUT2D eigenvalue weighted by Gasteiger charge is 2.18. The maximum atomic E-state index is 11.3. The van der Waals surface area contributed by atoms with E-state index in [0.717, 1.165) is 12.0 Å². The molecule has 3 heteroatoms. The van der Waals surface area contributed by atoms with Crippen molar-refractivity contribution in [3.05, 3.63) is 29.6 Å². The van der Waals surface area contributed by atoms with E-state index in [1.54, 1.807) is 19.3 Å². The smallest absolute Gasteiger partial charge is 0.269 e. The third-order valence-electron chi connectivity index (χ3n) is 2.89. The van der Waals surface area contributed by atoms with Crippen LogP contribution in [0.4, 0.5) is 0 Å². The molecule has 0 unspecified atom stereocenters. The molecule has 0 saturated heterocycles. The summed E-state index contributed by atoms with van der Waals surface area (Å²) in [6, 6.07) is 3.74. The van der Waals surface area contributed by atoms with Crippen LogP contribution < -0.4 is 5.32 Å². The van der Waals surface area contributed by atoms with E-state index in [2.05, 4.69) is 31.1 Å². The zero-order valence-corrected chi connectivity index (χ0v) is 9.79. The van der Waals surface area contributed by atoms with Crippen molar-refractivity contribution in [2.24, 2.45) is 0 Å². The number of aromatic nitrogens is 1. The van der Waals surface area contributed by atoms with E-state index in [4.69, 9.17) is 0 Å². The predicted octanol–water partition coefficient (Wildman–Crippen LogP) is 2.13.